The Morgan fingerprint density at radius 2 is 1.94 bits per heavy atom. The molecule has 3 nitrogen and oxygen atoms in total. The molecule has 17 heavy (non-hydrogen) atoms. The second-order valence-corrected chi connectivity index (χ2v) is 3.95. The number of hydrogen-bond acceptors (Lipinski definition) is 4. The predicted molar refractivity (Wildman–Crippen MR) is 65.0 cm³/mol. The summed E-state index contributed by atoms with van der Waals surface area (Å²) >= 11 is 0.869. The molecule has 1 aromatic heterocycles. The van der Waals surface area contributed by atoms with E-state index in [9.17, 15) is 4.39 Å². The van der Waals surface area contributed by atoms with E-state index in [0.717, 1.165) is 17.5 Å². The van der Waals surface area contributed by atoms with Crippen LogP contribution in [0.15, 0.2) is 47.5 Å². The highest BCUT2D eigenvalue weighted by molar-refractivity contribution is 7.97. The van der Waals surface area contributed by atoms with Gasteiger partial charge in [0.05, 0.1) is 0 Å². The molecule has 0 fully saturated rings. The average Bonchev–Trinajstić information content (AvgIpc) is 2.38. The Bertz CT molecular complexity index is 493. The highest BCUT2D eigenvalue weighted by atomic mass is 32.2. The SMILES string of the molecule is NSc1nc(F)ccc1OCc1ccccc1. The van der Waals surface area contributed by atoms with Gasteiger partial charge in [-0.3, -0.25) is 5.14 Å². The number of benzene rings is 1. The van der Waals surface area contributed by atoms with Crippen LogP contribution in [0.1, 0.15) is 5.56 Å². The summed E-state index contributed by atoms with van der Waals surface area (Å²) < 4.78 is 18.4. The number of aromatic nitrogens is 1. The maximum atomic E-state index is 12.9. The zero-order valence-corrected chi connectivity index (χ0v) is 9.78. The molecule has 1 aromatic carbocycles. The molecular weight excluding hydrogens is 239 g/mol. The van der Waals surface area contributed by atoms with Gasteiger partial charge in [-0.2, -0.15) is 4.39 Å². The molecule has 0 aliphatic rings. The topological polar surface area (TPSA) is 48.1 Å². The van der Waals surface area contributed by atoms with Crippen LogP contribution in [0.2, 0.25) is 0 Å². The minimum absolute atomic E-state index is 0.348. The molecular formula is C12H11FN2OS. The van der Waals surface area contributed by atoms with Gasteiger partial charge in [-0.15, -0.1) is 0 Å². The molecule has 0 amide bonds. The van der Waals surface area contributed by atoms with Crippen LogP contribution in [0, 0.1) is 5.95 Å². The second-order valence-electron chi connectivity index (χ2n) is 3.33. The van der Waals surface area contributed by atoms with E-state index in [0.29, 0.717) is 17.4 Å². The number of rotatable bonds is 4. The molecule has 0 saturated heterocycles. The van der Waals surface area contributed by atoms with E-state index in [1.807, 2.05) is 30.3 Å². The standard InChI is InChI=1S/C12H11FN2OS/c13-11-7-6-10(12(15-11)17-14)16-8-9-4-2-1-3-5-9/h1-7H,8,14H2. The molecule has 2 N–H and O–H groups in total. The summed E-state index contributed by atoms with van der Waals surface area (Å²) in [5.74, 6) is -0.0761. The van der Waals surface area contributed by atoms with Crippen molar-refractivity contribution in [1.82, 2.24) is 4.98 Å². The van der Waals surface area contributed by atoms with Crippen molar-refractivity contribution in [3.05, 3.63) is 54.0 Å². The van der Waals surface area contributed by atoms with Crippen LogP contribution in [0.3, 0.4) is 0 Å². The number of nitrogens with two attached hydrogens (primary N) is 1. The highest BCUT2D eigenvalue weighted by Crippen LogP contribution is 2.24. The first kappa shape index (κ1) is 11.9. The minimum atomic E-state index is -0.565. The van der Waals surface area contributed by atoms with E-state index in [-0.39, 0.29) is 0 Å². The Hall–Kier alpha value is -1.59. The fraction of sp³-hybridized carbons (Fsp3) is 0.0833. The van der Waals surface area contributed by atoms with Crippen LogP contribution >= 0.6 is 11.9 Å². The van der Waals surface area contributed by atoms with Crippen molar-refractivity contribution >= 4 is 11.9 Å². The van der Waals surface area contributed by atoms with Gasteiger partial charge in [0.25, 0.3) is 0 Å². The quantitative estimate of drug-likeness (QED) is 0.669. The molecule has 2 rings (SSSR count). The summed E-state index contributed by atoms with van der Waals surface area (Å²) in [6, 6.07) is 12.5. The monoisotopic (exact) mass is 250 g/mol. The van der Waals surface area contributed by atoms with Gasteiger partial charge in [-0.05, 0) is 29.6 Å². The van der Waals surface area contributed by atoms with Crippen LogP contribution in [0.4, 0.5) is 4.39 Å². The Labute approximate surface area is 103 Å². The van der Waals surface area contributed by atoms with Gasteiger partial charge in [0, 0.05) is 0 Å². The first-order valence-electron chi connectivity index (χ1n) is 4.99. The minimum Gasteiger partial charge on any atom is -0.486 e. The van der Waals surface area contributed by atoms with E-state index >= 15 is 0 Å². The van der Waals surface area contributed by atoms with E-state index in [2.05, 4.69) is 4.98 Å². The number of nitrogens with zero attached hydrogens (tertiary/aromatic N) is 1. The Morgan fingerprint density at radius 3 is 2.65 bits per heavy atom. The summed E-state index contributed by atoms with van der Waals surface area (Å²) in [7, 11) is 0. The van der Waals surface area contributed by atoms with Crippen molar-refractivity contribution in [3.63, 3.8) is 0 Å². The fourth-order valence-electron chi connectivity index (χ4n) is 1.33. The first-order valence-corrected chi connectivity index (χ1v) is 5.87. The van der Waals surface area contributed by atoms with Gasteiger partial charge in [0.2, 0.25) is 5.95 Å². The normalized spacial score (nSPS) is 10.2. The maximum Gasteiger partial charge on any atom is 0.214 e. The van der Waals surface area contributed by atoms with E-state index < -0.39 is 5.95 Å². The van der Waals surface area contributed by atoms with Gasteiger partial charge in [0.1, 0.15) is 6.61 Å². The van der Waals surface area contributed by atoms with E-state index in [1.165, 1.54) is 12.1 Å². The number of halogens is 1. The van der Waals surface area contributed by atoms with Crippen molar-refractivity contribution in [3.8, 4) is 5.75 Å². The third-order valence-corrected chi connectivity index (χ3v) is 2.66. The fourth-order valence-corrected chi connectivity index (χ4v) is 1.72. The molecule has 5 heteroatoms. The van der Waals surface area contributed by atoms with Gasteiger partial charge < -0.3 is 4.74 Å². The number of hydrogen-bond donors (Lipinski definition) is 1. The zero-order valence-electron chi connectivity index (χ0n) is 8.97. The second kappa shape index (κ2) is 5.65. The van der Waals surface area contributed by atoms with Crippen LogP contribution in [0.25, 0.3) is 0 Å². The van der Waals surface area contributed by atoms with Crippen LogP contribution in [0.5, 0.6) is 5.75 Å². The Balaban J connectivity index is 2.09. The first-order chi connectivity index (χ1) is 8.29. The Kier molecular flexibility index (Phi) is 3.95. The lowest BCUT2D eigenvalue weighted by Gasteiger charge is -2.08. The summed E-state index contributed by atoms with van der Waals surface area (Å²) in [5, 5.41) is 5.74. The molecule has 0 aliphatic carbocycles. The number of pyridine rings is 1. The lowest BCUT2D eigenvalue weighted by Crippen LogP contribution is -1.99. The molecule has 0 radical (unpaired) electrons. The van der Waals surface area contributed by atoms with E-state index in [4.69, 9.17) is 9.88 Å². The molecule has 0 unspecified atom stereocenters. The van der Waals surface area contributed by atoms with Crippen LogP contribution < -0.4 is 9.88 Å². The molecule has 0 bridgehead atoms. The maximum absolute atomic E-state index is 12.9. The van der Waals surface area contributed by atoms with Gasteiger partial charge in [-0.1, -0.05) is 30.3 Å². The van der Waals surface area contributed by atoms with Crippen LogP contribution in [-0.2, 0) is 6.61 Å². The van der Waals surface area contributed by atoms with Gasteiger partial charge in [-0.25, -0.2) is 4.98 Å². The summed E-state index contributed by atoms with van der Waals surface area (Å²) in [4.78, 5) is 3.65. The molecule has 0 spiro atoms. The smallest absolute Gasteiger partial charge is 0.214 e. The summed E-state index contributed by atoms with van der Waals surface area (Å²) in [6.07, 6.45) is 0. The van der Waals surface area contributed by atoms with Crippen molar-refractivity contribution in [1.29, 1.82) is 0 Å². The van der Waals surface area contributed by atoms with Gasteiger partial charge >= 0.3 is 0 Å². The molecule has 88 valence electrons. The summed E-state index contributed by atoms with van der Waals surface area (Å²) in [5.41, 5.74) is 1.03. The third-order valence-electron chi connectivity index (χ3n) is 2.14. The largest absolute Gasteiger partial charge is 0.486 e. The lowest BCUT2D eigenvalue weighted by atomic mass is 10.2. The third kappa shape index (κ3) is 3.18. The van der Waals surface area contributed by atoms with Crippen LogP contribution in [-0.4, -0.2) is 4.98 Å². The lowest BCUT2D eigenvalue weighted by molar-refractivity contribution is 0.294. The molecule has 0 atom stereocenters. The molecule has 2 aromatic rings. The average molecular weight is 250 g/mol. The van der Waals surface area contributed by atoms with Gasteiger partial charge in [0.15, 0.2) is 10.8 Å². The van der Waals surface area contributed by atoms with Crippen molar-refractivity contribution in [2.45, 2.75) is 11.6 Å². The molecule has 0 aliphatic heterocycles. The van der Waals surface area contributed by atoms with Crippen molar-refractivity contribution < 1.29 is 9.13 Å². The highest BCUT2D eigenvalue weighted by Gasteiger charge is 2.06. The van der Waals surface area contributed by atoms with Crippen molar-refractivity contribution in [2.75, 3.05) is 0 Å². The zero-order chi connectivity index (χ0) is 12.1. The van der Waals surface area contributed by atoms with Crippen molar-refractivity contribution in [2.24, 2.45) is 5.14 Å². The molecule has 0 saturated carbocycles. The predicted octanol–water partition coefficient (Wildman–Crippen LogP) is 2.77. The number of ether oxygens (including phenoxy) is 1. The summed E-state index contributed by atoms with van der Waals surface area (Å²) in [6.45, 7) is 0.404. The Morgan fingerprint density at radius 1 is 1.18 bits per heavy atom. The molecule has 1 heterocycles. The van der Waals surface area contributed by atoms with E-state index in [1.54, 1.807) is 0 Å².